The Bertz CT molecular complexity index is 1260. The zero-order valence-electron chi connectivity index (χ0n) is 23.1. The number of ether oxygens (including phenoxy) is 1. The number of rotatable bonds is 6. The molecule has 6 rings (SSSR count). The van der Waals surface area contributed by atoms with Gasteiger partial charge in [-0.05, 0) is 51.3 Å². The topological polar surface area (TPSA) is 121 Å². The van der Waals surface area contributed by atoms with Gasteiger partial charge in [-0.15, -0.1) is 10.2 Å². The van der Waals surface area contributed by atoms with E-state index in [0.717, 1.165) is 87.0 Å². The summed E-state index contributed by atoms with van der Waals surface area (Å²) in [6.07, 6.45) is 6.72. The lowest BCUT2D eigenvalue weighted by molar-refractivity contribution is 0.0903. The number of hydrogen-bond acceptors (Lipinski definition) is 11. The molecule has 11 nitrogen and oxygen atoms in total. The van der Waals surface area contributed by atoms with Crippen LogP contribution in [0.5, 0.6) is 0 Å². The van der Waals surface area contributed by atoms with Crippen LogP contribution in [0.4, 0.5) is 17.5 Å². The molecule has 0 saturated carbocycles. The largest absolute Gasteiger partial charge is 0.382 e. The van der Waals surface area contributed by atoms with E-state index < -0.39 is 0 Å². The molecular formula is C28H40N10O. The highest BCUT2D eigenvalue weighted by atomic mass is 16.5. The Kier molecular flexibility index (Phi) is 7.71. The van der Waals surface area contributed by atoms with Crippen LogP contribution in [0.25, 0.3) is 22.3 Å². The van der Waals surface area contributed by atoms with Crippen LogP contribution in [0.1, 0.15) is 38.3 Å². The normalized spacial score (nSPS) is 20.5. The fourth-order valence-electron chi connectivity index (χ4n) is 5.96. The summed E-state index contributed by atoms with van der Waals surface area (Å²) in [4.78, 5) is 21.8. The molecule has 3 saturated heterocycles. The van der Waals surface area contributed by atoms with E-state index in [2.05, 4.69) is 55.2 Å². The first kappa shape index (κ1) is 26.1. The van der Waals surface area contributed by atoms with Crippen LogP contribution in [-0.4, -0.2) is 107 Å². The van der Waals surface area contributed by atoms with E-state index in [1.54, 1.807) is 6.20 Å². The maximum absolute atomic E-state index is 6.26. The number of nitrogens with one attached hydrogen (secondary N) is 1. The third-order valence-corrected chi connectivity index (χ3v) is 8.46. The summed E-state index contributed by atoms with van der Waals surface area (Å²) in [7, 11) is 2.21. The number of anilines is 3. The summed E-state index contributed by atoms with van der Waals surface area (Å²) < 4.78 is 5.52. The van der Waals surface area contributed by atoms with Crippen LogP contribution in [-0.2, 0) is 11.2 Å². The van der Waals surface area contributed by atoms with Crippen molar-refractivity contribution in [3.8, 4) is 11.3 Å². The fraction of sp³-hybridized carbons (Fsp3) is 0.607. The average Bonchev–Trinajstić information content (AvgIpc) is 2.98. The minimum Gasteiger partial charge on any atom is -0.382 e. The van der Waals surface area contributed by atoms with Crippen LogP contribution in [0, 0.1) is 0 Å². The number of piperidine rings is 1. The molecule has 0 unspecified atom stereocenters. The second-order valence-electron chi connectivity index (χ2n) is 11.0. The zero-order chi connectivity index (χ0) is 26.8. The smallest absolute Gasteiger partial charge is 0.151 e. The number of nitrogens with two attached hydrogens (primary N) is 1. The Morgan fingerprint density at radius 1 is 0.949 bits per heavy atom. The van der Waals surface area contributed by atoms with Crippen LogP contribution in [0.15, 0.2) is 18.3 Å². The molecule has 0 atom stereocenters. The Morgan fingerprint density at radius 2 is 1.72 bits per heavy atom. The Morgan fingerprint density at radius 3 is 2.41 bits per heavy atom. The predicted octanol–water partition coefficient (Wildman–Crippen LogP) is 2.43. The Balaban J connectivity index is 1.20. The molecule has 0 amide bonds. The zero-order valence-corrected chi connectivity index (χ0v) is 23.1. The van der Waals surface area contributed by atoms with Crippen molar-refractivity contribution >= 4 is 28.5 Å². The van der Waals surface area contributed by atoms with Crippen LogP contribution in [0.3, 0.4) is 0 Å². The lowest BCUT2D eigenvalue weighted by atomic mass is 10.0. The van der Waals surface area contributed by atoms with Crippen LogP contribution in [0.2, 0.25) is 0 Å². The predicted molar refractivity (Wildman–Crippen MR) is 154 cm³/mol. The van der Waals surface area contributed by atoms with Gasteiger partial charge in [0, 0.05) is 76.3 Å². The first-order chi connectivity index (χ1) is 19.1. The molecule has 0 bridgehead atoms. The third-order valence-electron chi connectivity index (χ3n) is 8.46. The lowest BCUT2D eigenvalue weighted by Gasteiger charge is -2.42. The van der Waals surface area contributed by atoms with Crippen LogP contribution >= 0.6 is 0 Å². The number of fused-ring (bicyclic) bond motifs is 1. The first-order valence-electron chi connectivity index (χ1n) is 14.4. The number of hydrogen-bond donors (Lipinski definition) is 2. The molecule has 39 heavy (non-hydrogen) atoms. The van der Waals surface area contributed by atoms with Gasteiger partial charge in [-0.25, -0.2) is 15.0 Å². The maximum Gasteiger partial charge on any atom is 0.151 e. The second-order valence-corrected chi connectivity index (χ2v) is 11.0. The van der Waals surface area contributed by atoms with E-state index in [9.17, 15) is 0 Å². The Labute approximate surface area is 230 Å². The molecule has 3 aromatic rings. The molecule has 0 aromatic carbocycles. The minimum absolute atomic E-state index is 0.318. The van der Waals surface area contributed by atoms with Crippen molar-refractivity contribution in [1.29, 1.82) is 0 Å². The molecule has 3 aromatic heterocycles. The van der Waals surface area contributed by atoms with Gasteiger partial charge in [0.15, 0.2) is 11.6 Å². The van der Waals surface area contributed by atoms with Crippen molar-refractivity contribution in [2.45, 2.75) is 51.1 Å². The summed E-state index contributed by atoms with van der Waals surface area (Å²) in [5.74, 6) is 2.10. The monoisotopic (exact) mass is 532 g/mol. The van der Waals surface area contributed by atoms with Gasteiger partial charge in [-0.1, -0.05) is 6.92 Å². The summed E-state index contributed by atoms with van der Waals surface area (Å²) >= 11 is 0. The highest BCUT2D eigenvalue weighted by Crippen LogP contribution is 2.31. The summed E-state index contributed by atoms with van der Waals surface area (Å²) in [5, 5.41) is 12.8. The summed E-state index contributed by atoms with van der Waals surface area (Å²) in [6, 6.07) is 5.07. The van der Waals surface area contributed by atoms with E-state index in [4.69, 9.17) is 20.4 Å². The van der Waals surface area contributed by atoms with Gasteiger partial charge in [-0.2, -0.15) is 0 Å². The molecule has 3 aliphatic heterocycles. The molecule has 3 aliphatic rings. The number of nitrogen functional groups attached to an aromatic ring is 1. The van der Waals surface area contributed by atoms with E-state index in [-0.39, 0.29) is 0 Å². The third kappa shape index (κ3) is 5.61. The lowest BCUT2D eigenvalue weighted by Crippen LogP contribution is -2.52. The number of piperazine rings is 1. The van der Waals surface area contributed by atoms with Gasteiger partial charge in [0.1, 0.15) is 16.9 Å². The van der Waals surface area contributed by atoms with E-state index in [1.165, 1.54) is 26.2 Å². The summed E-state index contributed by atoms with van der Waals surface area (Å²) in [5.41, 5.74) is 9.96. The van der Waals surface area contributed by atoms with Gasteiger partial charge in [0.25, 0.3) is 0 Å². The molecule has 6 heterocycles. The fourth-order valence-corrected chi connectivity index (χ4v) is 5.96. The van der Waals surface area contributed by atoms with Crippen molar-refractivity contribution in [3.63, 3.8) is 0 Å². The van der Waals surface area contributed by atoms with Crippen molar-refractivity contribution in [2.75, 3.05) is 75.5 Å². The highest BCUT2D eigenvalue weighted by Gasteiger charge is 2.27. The van der Waals surface area contributed by atoms with Gasteiger partial charge in [-0.3, -0.25) is 4.90 Å². The van der Waals surface area contributed by atoms with Crippen molar-refractivity contribution in [1.82, 2.24) is 34.9 Å². The highest BCUT2D eigenvalue weighted by molar-refractivity contribution is 5.96. The van der Waals surface area contributed by atoms with E-state index in [1.807, 2.05) is 6.07 Å². The molecule has 0 spiro atoms. The van der Waals surface area contributed by atoms with Gasteiger partial charge in [0.2, 0.25) is 0 Å². The van der Waals surface area contributed by atoms with Gasteiger partial charge < -0.3 is 25.6 Å². The van der Waals surface area contributed by atoms with Gasteiger partial charge in [0.05, 0.1) is 11.4 Å². The molecular weight excluding hydrogens is 492 g/mol. The standard InChI is InChI=1S/C28H40N10O/c1-3-22-28(31-19-8-16-39-17-9-19)33-25-21(18-30-27(29)26(25)32-22)23-4-5-24(35-34-23)38-10-6-20(7-11-38)37-14-12-36(2)13-15-37/h4-5,18-20H,3,6-17H2,1-2H3,(H2,29,30)(H,31,33). The molecule has 3 N–H and O–H groups in total. The molecule has 0 radical (unpaired) electrons. The molecule has 11 heteroatoms. The van der Waals surface area contributed by atoms with Gasteiger partial charge >= 0.3 is 0 Å². The van der Waals surface area contributed by atoms with Crippen molar-refractivity contribution in [2.24, 2.45) is 0 Å². The number of pyridine rings is 1. The number of nitrogens with zero attached hydrogens (tertiary/aromatic N) is 8. The minimum atomic E-state index is 0.318. The van der Waals surface area contributed by atoms with E-state index >= 15 is 0 Å². The first-order valence-corrected chi connectivity index (χ1v) is 14.4. The number of likely N-dealkylation sites (N-methyl/N-ethyl adjacent to an activating group) is 1. The second kappa shape index (κ2) is 11.5. The number of aryl methyl sites for hydroxylation is 1. The molecule has 208 valence electrons. The quantitative estimate of drug-likeness (QED) is 0.487. The average molecular weight is 533 g/mol. The van der Waals surface area contributed by atoms with Crippen LogP contribution < -0.4 is 16.0 Å². The summed E-state index contributed by atoms with van der Waals surface area (Å²) in [6.45, 7) is 10.3. The van der Waals surface area contributed by atoms with Crippen molar-refractivity contribution < 1.29 is 4.74 Å². The van der Waals surface area contributed by atoms with Crippen molar-refractivity contribution in [3.05, 3.63) is 24.0 Å². The van der Waals surface area contributed by atoms with E-state index in [0.29, 0.717) is 28.9 Å². The number of aromatic nitrogens is 5. The SMILES string of the molecule is CCc1nc2c(N)ncc(-c3ccc(N4CCC(N5CCN(C)CC5)CC4)nn3)c2nc1NC1CCOCC1. The molecule has 0 aliphatic carbocycles. The maximum atomic E-state index is 6.26. The molecule has 3 fully saturated rings. The Hall–Kier alpha value is -3.15.